The van der Waals surface area contributed by atoms with Crippen molar-refractivity contribution in [3.05, 3.63) is 53.0 Å². The van der Waals surface area contributed by atoms with E-state index in [1.165, 1.54) is 0 Å². The topological polar surface area (TPSA) is 101 Å². The first-order chi connectivity index (χ1) is 15.7. The molecule has 0 radical (unpaired) electrons. The molecule has 0 bridgehead atoms. The van der Waals surface area contributed by atoms with Gasteiger partial charge >= 0.3 is 0 Å². The van der Waals surface area contributed by atoms with Crippen LogP contribution in [-0.2, 0) is 11.4 Å². The number of nitrogens with zero attached hydrogens (tertiary/aromatic N) is 3. The average molecular weight is 475 g/mol. The number of hydrogen-bond donors (Lipinski definition) is 3. The van der Waals surface area contributed by atoms with E-state index in [-0.39, 0.29) is 0 Å². The highest BCUT2D eigenvalue weighted by atomic mass is 32.2. The standard InChI is InChI=1S/C25H42N6OS/c1-9-11-23(27-6)25(24(28-7)19(4)26)30-20(5)22-17-21(13-12-18(22)3)33(32)29-14-16-31(8)15-10-2/h12-13,17,27,29H,4,9-11,14-16,26H2,1-3,5-8H3. The van der Waals surface area contributed by atoms with Crippen LogP contribution in [0.4, 0.5) is 0 Å². The lowest BCUT2D eigenvalue weighted by Gasteiger charge is -2.17. The molecule has 8 heteroatoms. The zero-order valence-electron chi connectivity index (χ0n) is 21.4. The number of aliphatic imine (C=N–C) groups is 2. The van der Waals surface area contributed by atoms with Gasteiger partial charge in [0.25, 0.3) is 0 Å². The highest BCUT2D eigenvalue weighted by Crippen LogP contribution is 2.20. The molecule has 7 nitrogen and oxygen atoms in total. The molecule has 1 aromatic carbocycles. The van der Waals surface area contributed by atoms with Gasteiger partial charge in [-0.3, -0.25) is 4.99 Å². The van der Waals surface area contributed by atoms with Crippen molar-refractivity contribution in [2.24, 2.45) is 15.7 Å². The van der Waals surface area contributed by atoms with Crippen molar-refractivity contribution >= 4 is 22.8 Å². The molecular formula is C25H42N6OS. The Bertz CT molecular complexity index is 878. The zero-order valence-corrected chi connectivity index (χ0v) is 22.2. The van der Waals surface area contributed by atoms with Crippen LogP contribution in [0.15, 0.2) is 56.7 Å². The van der Waals surface area contributed by atoms with Crippen LogP contribution < -0.4 is 15.8 Å². The van der Waals surface area contributed by atoms with E-state index in [2.05, 4.69) is 47.4 Å². The molecule has 0 spiro atoms. The molecule has 184 valence electrons. The predicted octanol–water partition coefficient (Wildman–Crippen LogP) is 3.53. The summed E-state index contributed by atoms with van der Waals surface area (Å²) in [6, 6.07) is 5.83. The van der Waals surface area contributed by atoms with Crippen LogP contribution in [0.2, 0.25) is 0 Å². The van der Waals surface area contributed by atoms with Crippen molar-refractivity contribution in [3.8, 4) is 0 Å². The third-order valence-corrected chi connectivity index (χ3v) is 6.41. The van der Waals surface area contributed by atoms with Crippen LogP contribution in [0, 0.1) is 6.92 Å². The fourth-order valence-corrected chi connectivity index (χ4v) is 4.38. The van der Waals surface area contributed by atoms with E-state index in [1.54, 1.807) is 7.05 Å². The van der Waals surface area contributed by atoms with E-state index in [0.717, 1.165) is 59.8 Å². The summed E-state index contributed by atoms with van der Waals surface area (Å²) in [6.07, 6.45) is 2.87. The molecule has 1 aromatic rings. The maximum Gasteiger partial charge on any atom is 0.174 e. The van der Waals surface area contributed by atoms with Gasteiger partial charge in [-0.2, -0.15) is 0 Å². The summed E-state index contributed by atoms with van der Waals surface area (Å²) in [6.45, 7) is 14.7. The lowest BCUT2D eigenvalue weighted by atomic mass is 10.0. The Morgan fingerprint density at radius 1 is 1.24 bits per heavy atom. The molecule has 0 aromatic heterocycles. The Labute approximate surface area is 203 Å². The Balaban J connectivity index is 3.28. The van der Waals surface area contributed by atoms with Gasteiger partial charge in [0.2, 0.25) is 0 Å². The largest absolute Gasteiger partial charge is 0.593 e. The third-order valence-electron chi connectivity index (χ3n) is 5.26. The van der Waals surface area contributed by atoms with E-state index < -0.39 is 11.4 Å². The molecule has 33 heavy (non-hydrogen) atoms. The maximum absolute atomic E-state index is 12.9. The van der Waals surface area contributed by atoms with Gasteiger partial charge in [-0.05, 0) is 51.9 Å². The van der Waals surface area contributed by atoms with Crippen LogP contribution in [0.1, 0.15) is 51.2 Å². The number of rotatable bonds is 14. The molecular weight excluding hydrogens is 432 g/mol. The monoisotopic (exact) mass is 474 g/mol. The van der Waals surface area contributed by atoms with Crippen molar-refractivity contribution in [3.63, 3.8) is 0 Å². The average Bonchev–Trinajstić information content (AvgIpc) is 2.77. The molecule has 0 heterocycles. The molecule has 1 atom stereocenters. The molecule has 4 N–H and O–H groups in total. The summed E-state index contributed by atoms with van der Waals surface area (Å²) in [4.78, 5) is 12.2. The van der Waals surface area contributed by atoms with Crippen LogP contribution in [-0.4, -0.2) is 61.7 Å². The third kappa shape index (κ3) is 8.97. The van der Waals surface area contributed by atoms with Crippen LogP contribution >= 0.6 is 0 Å². The first kappa shape index (κ1) is 28.9. The molecule has 0 saturated heterocycles. The first-order valence-electron chi connectivity index (χ1n) is 11.5. The van der Waals surface area contributed by atoms with Crippen molar-refractivity contribution < 1.29 is 4.55 Å². The lowest BCUT2D eigenvalue weighted by molar-refractivity contribution is 0.339. The quantitative estimate of drug-likeness (QED) is 0.283. The van der Waals surface area contributed by atoms with Gasteiger partial charge in [-0.25, -0.2) is 4.99 Å². The van der Waals surface area contributed by atoms with Gasteiger partial charge in [0.15, 0.2) is 4.90 Å². The summed E-state index contributed by atoms with van der Waals surface area (Å²) in [7, 11) is 5.64. The highest BCUT2D eigenvalue weighted by molar-refractivity contribution is 7.89. The summed E-state index contributed by atoms with van der Waals surface area (Å²) in [5.74, 6) is 0. The molecule has 0 amide bonds. The zero-order chi connectivity index (χ0) is 25.0. The minimum absolute atomic E-state index is 0.372. The van der Waals surface area contributed by atoms with Gasteiger partial charge in [-0.1, -0.05) is 32.9 Å². The number of nitrogens with one attached hydrogen (secondary N) is 2. The molecule has 1 rings (SSSR count). The number of hydrogen-bond acceptors (Lipinski definition) is 7. The van der Waals surface area contributed by atoms with Crippen LogP contribution in [0.25, 0.3) is 0 Å². The Kier molecular flexibility index (Phi) is 13.1. The number of nitrogens with two attached hydrogens (primary N) is 1. The summed E-state index contributed by atoms with van der Waals surface area (Å²) >= 11 is -1.30. The molecule has 0 aliphatic rings. The predicted molar refractivity (Wildman–Crippen MR) is 143 cm³/mol. The second-order valence-electron chi connectivity index (χ2n) is 8.06. The van der Waals surface area contributed by atoms with Crippen molar-refractivity contribution in [1.29, 1.82) is 0 Å². The van der Waals surface area contributed by atoms with E-state index in [0.29, 0.717) is 23.7 Å². The highest BCUT2D eigenvalue weighted by Gasteiger charge is 2.17. The SMILES string of the molecule is C=C(N)C(=NC)C(N=C(C)c1cc([S+]([O-])NCCN(C)CCC)ccc1C)=C(CCC)NC. The van der Waals surface area contributed by atoms with Gasteiger partial charge in [0.1, 0.15) is 11.4 Å². The summed E-state index contributed by atoms with van der Waals surface area (Å²) < 4.78 is 16.0. The fourth-order valence-electron chi connectivity index (χ4n) is 3.52. The minimum atomic E-state index is -1.30. The van der Waals surface area contributed by atoms with Gasteiger partial charge < -0.3 is 20.5 Å². The molecule has 0 aliphatic heterocycles. The Morgan fingerprint density at radius 2 is 1.94 bits per heavy atom. The Hall–Kier alpha value is -2.13. The van der Waals surface area contributed by atoms with Crippen molar-refractivity contribution in [1.82, 2.24) is 14.9 Å². The van der Waals surface area contributed by atoms with Gasteiger partial charge in [0, 0.05) is 43.7 Å². The molecule has 0 aliphatic carbocycles. The molecule has 1 unspecified atom stereocenters. The van der Waals surface area contributed by atoms with E-state index in [4.69, 9.17) is 10.7 Å². The van der Waals surface area contributed by atoms with Crippen LogP contribution in [0.5, 0.6) is 0 Å². The second kappa shape index (κ2) is 14.9. The van der Waals surface area contributed by atoms with Crippen molar-refractivity contribution in [2.45, 2.75) is 51.9 Å². The summed E-state index contributed by atoms with van der Waals surface area (Å²) in [5.41, 5.74) is 11.4. The van der Waals surface area contributed by atoms with E-state index in [1.807, 2.05) is 39.1 Å². The second-order valence-corrected chi connectivity index (χ2v) is 9.36. The molecule has 0 fully saturated rings. The number of likely N-dealkylation sites (N-methyl/N-ethyl adjacent to an activating group) is 1. The smallest absolute Gasteiger partial charge is 0.174 e. The summed E-state index contributed by atoms with van der Waals surface area (Å²) in [5, 5.41) is 3.25. The maximum atomic E-state index is 12.9. The number of allylic oxidation sites excluding steroid dienone is 1. The first-order valence-corrected chi connectivity index (χ1v) is 12.7. The number of aryl methyl sites for hydroxylation is 1. The van der Waals surface area contributed by atoms with Gasteiger partial charge in [0.05, 0.1) is 23.6 Å². The molecule has 0 saturated carbocycles. The van der Waals surface area contributed by atoms with Gasteiger partial charge in [-0.15, -0.1) is 4.72 Å². The van der Waals surface area contributed by atoms with E-state index in [9.17, 15) is 4.55 Å². The Morgan fingerprint density at radius 3 is 2.48 bits per heavy atom. The normalized spacial score (nSPS) is 14.3. The number of benzene rings is 1. The minimum Gasteiger partial charge on any atom is -0.593 e. The van der Waals surface area contributed by atoms with Crippen molar-refractivity contribution in [2.75, 3.05) is 40.8 Å². The van der Waals surface area contributed by atoms with E-state index >= 15 is 0 Å². The van der Waals surface area contributed by atoms with Crippen LogP contribution in [0.3, 0.4) is 0 Å². The fraction of sp³-hybridized carbons (Fsp3) is 0.520. The lowest BCUT2D eigenvalue weighted by Crippen LogP contribution is -2.33.